The van der Waals surface area contributed by atoms with Gasteiger partial charge in [-0.15, -0.1) is 0 Å². The van der Waals surface area contributed by atoms with Gasteiger partial charge in [-0.2, -0.15) is 0 Å². The van der Waals surface area contributed by atoms with E-state index in [-0.39, 0.29) is 35.2 Å². The summed E-state index contributed by atoms with van der Waals surface area (Å²) >= 11 is 6.09. The van der Waals surface area contributed by atoms with E-state index in [0.29, 0.717) is 24.6 Å². The lowest BCUT2D eigenvalue weighted by Crippen LogP contribution is -2.51. The van der Waals surface area contributed by atoms with Crippen molar-refractivity contribution in [3.8, 4) is 5.75 Å². The molecule has 2 amide bonds. The Balaban J connectivity index is 1.52. The number of halogens is 2. The fourth-order valence-electron chi connectivity index (χ4n) is 4.56. The molecular weight excluding hydrogens is 633 g/mol. The number of methoxy groups -OCH3 is 1. The highest BCUT2D eigenvalue weighted by Gasteiger charge is 2.30. The Labute approximate surface area is 273 Å². The number of amides is 2. The third kappa shape index (κ3) is 10.3. The van der Waals surface area contributed by atoms with Gasteiger partial charge in [-0.3, -0.25) is 14.3 Å². The van der Waals surface area contributed by atoms with Crippen molar-refractivity contribution >= 4 is 39.1 Å². The fraction of sp³-hybridized carbons (Fsp3) is 0.235. The first-order chi connectivity index (χ1) is 22.1. The van der Waals surface area contributed by atoms with Crippen molar-refractivity contribution in [2.45, 2.75) is 30.3 Å². The molecule has 1 atom stereocenters. The second kappa shape index (κ2) is 16.7. The van der Waals surface area contributed by atoms with E-state index in [2.05, 4.69) is 10.0 Å². The van der Waals surface area contributed by atoms with Crippen LogP contribution in [0.5, 0.6) is 5.75 Å². The molecule has 9 nitrogen and oxygen atoms in total. The van der Waals surface area contributed by atoms with Crippen molar-refractivity contribution < 1.29 is 31.9 Å². The van der Waals surface area contributed by atoms with E-state index in [1.54, 1.807) is 31.4 Å². The molecule has 46 heavy (non-hydrogen) atoms. The van der Waals surface area contributed by atoms with E-state index in [0.717, 1.165) is 23.3 Å². The Morgan fingerprint density at radius 2 is 1.57 bits per heavy atom. The number of carbonyl (C=O) groups is 2. The second-order valence-electron chi connectivity index (χ2n) is 10.4. The standard InChI is InChI=1S/C34H35ClFN3O6S/c1-44-21-5-20-37-34(41)32(22-25-6-3-2-4-7-25)39(23-26-8-10-27(35)11-9-26)33(40)24-45-30-16-18-31(19-17-30)46(42,43)38-29-14-12-28(36)13-15-29/h2-4,6-19,32,38H,5,20-24H2,1H3,(H,37,41). The molecule has 0 aliphatic rings. The van der Waals surface area contributed by atoms with E-state index in [9.17, 15) is 22.4 Å². The molecule has 4 rings (SSSR count). The van der Waals surface area contributed by atoms with Crippen LogP contribution in [0.2, 0.25) is 5.02 Å². The lowest BCUT2D eigenvalue weighted by molar-refractivity contribution is -0.142. The van der Waals surface area contributed by atoms with Crippen molar-refractivity contribution in [3.05, 3.63) is 125 Å². The second-order valence-corrected chi connectivity index (χ2v) is 12.5. The highest BCUT2D eigenvalue weighted by molar-refractivity contribution is 7.92. The van der Waals surface area contributed by atoms with Crippen LogP contribution in [0.1, 0.15) is 17.5 Å². The number of hydrogen-bond donors (Lipinski definition) is 2. The topological polar surface area (TPSA) is 114 Å². The summed E-state index contributed by atoms with van der Waals surface area (Å²) in [6, 6.07) is 26.0. The SMILES string of the molecule is COCCCNC(=O)C(Cc1ccccc1)N(Cc1ccc(Cl)cc1)C(=O)COc1ccc(S(=O)(=O)Nc2ccc(F)cc2)cc1. The Morgan fingerprint density at radius 3 is 2.22 bits per heavy atom. The predicted octanol–water partition coefficient (Wildman–Crippen LogP) is 5.45. The predicted molar refractivity (Wildman–Crippen MR) is 175 cm³/mol. The Morgan fingerprint density at radius 1 is 0.891 bits per heavy atom. The number of carbonyl (C=O) groups excluding carboxylic acids is 2. The average Bonchev–Trinajstić information content (AvgIpc) is 3.06. The molecular formula is C34H35ClFN3O6S. The van der Waals surface area contributed by atoms with Crippen LogP contribution in [-0.4, -0.2) is 58.0 Å². The van der Waals surface area contributed by atoms with Gasteiger partial charge in [0.1, 0.15) is 17.6 Å². The number of anilines is 1. The Hall–Kier alpha value is -4.45. The number of sulfonamides is 1. The largest absolute Gasteiger partial charge is 0.484 e. The maximum absolute atomic E-state index is 13.8. The van der Waals surface area contributed by atoms with Gasteiger partial charge in [0.05, 0.1) is 4.90 Å². The smallest absolute Gasteiger partial charge is 0.261 e. The molecule has 1 unspecified atom stereocenters. The van der Waals surface area contributed by atoms with Gasteiger partial charge in [-0.1, -0.05) is 54.1 Å². The third-order valence-electron chi connectivity index (χ3n) is 6.95. The molecule has 0 bridgehead atoms. The molecule has 0 heterocycles. The van der Waals surface area contributed by atoms with E-state index < -0.39 is 34.4 Å². The minimum absolute atomic E-state index is 0.0482. The summed E-state index contributed by atoms with van der Waals surface area (Å²) in [5.41, 5.74) is 1.85. The molecule has 4 aromatic carbocycles. The number of benzene rings is 4. The summed E-state index contributed by atoms with van der Waals surface area (Å²) in [6.07, 6.45) is 0.879. The molecule has 0 aliphatic heterocycles. The van der Waals surface area contributed by atoms with E-state index in [1.165, 1.54) is 41.3 Å². The van der Waals surface area contributed by atoms with Crippen LogP contribution in [0, 0.1) is 5.82 Å². The maximum Gasteiger partial charge on any atom is 0.261 e. The molecule has 0 spiro atoms. The zero-order valence-electron chi connectivity index (χ0n) is 25.2. The molecule has 2 N–H and O–H groups in total. The van der Waals surface area contributed by atoms with E-state index >= 15 is 0 Å². The molecule has 0 radical (unpaired) electrons. The zero-order chi connectivity index (χ0) is 32.9. The van der Waals surface area contributed by atoms with Crippen LogP contribution >= 0.6 is 11.6 Å². The van der Waals surface area contributed by atoms with Gasteiger partial charge < -0.3 is 19.7 Å². The van der Waals surface area contributed by atoms with Crippen molar-refractivity contribution in [2.24, 2.45) is 0 Å². The van der Waals surface area contributed by atoms with E-state index in [4.69, 9.17) is 21.1 Å². The minimum Gasteiger partial charge on any atom is -0.484 e. The lowest BCUT2D eigenvalue weighted by Gasteiger charge is -2.31. The van der Waals surface area contributed by atoms with Crippen LogP contribution in [0.15, 0.2) is 108 Å². The Bertz CT molecular complexity index is 1670. The third-order valence-corrected chi connectivity index (χ3v) is 8.60. The monoisotopic (exact) mass is 667 g/mol. The number of nitrogens with one attached hydrogen (secondary N) is 2. The number of ether oxygens (including phenoxy) is 2. The van der Waals surface area contributed by atoms with E-state index in [1.807, 2.05) is 30.3 Å². The Kier molecular flexibility index (Phi) is 12.5. The van der Waals surface area contributed by atoms with Crippen molar-refractivity contribution in [1.29, 1.82) is 0 Å². The van der Waals surface area contributed by atoms with Crippen LogP contribution in [-0.2, 0) is 37.3 Å². The van der Waals surface area contributed by atoms with Crippen LogP contribution in [0.25, 0.3) is 0 Å². The summed E-state index contributed by atoms with van der Waals surface area (Å²) in [5, 5.41) is 3.47. The normalized spacial score (nSPS) is 11.8. The zero-order valence-corrected chi connectivity index (χ0v) is 26.8. The van der Waals surface area contributed by atoms with Gasteiger partial charge >= 0.3 is 0 Å². The summed E-state index contributed by atoms with van der Waals surface area (Å²) in [6.45, 7) is 0.570. The summed E-state index contributed by atoms with van der Waals surface area (Å²) in [4.78, 5) is 28.8. The lowest BCUT2D eigenvalue weighted by atomic mass is 10.0. The highest BCUT2D eigenvalue weighted by Crippen LogP contribution is 2.21. The molecule has 0 fully saturated rings. The molecule has 0 saturated heterocycles. The van der Waals surface area contributed by atoms with Crippen molar-refractivity contribution in [1.82, 2.24) is 10.2 Å². The molecule has 12 heteroatoms. The molecule has 0 saturated carbocycles. The summed E-state index contributed by atoms with van der Waals surface area (Å²) in [7, 11) is -2.37. The average molecular weight is 668 g/mol. The van der Waals surface area contributed by atoms with Crippen LogP contribution < -0.4 is 14.8 Å². The van der Waals surface area contributed by atoms with Gasteiger partial charge in [-0.25, -0.2) is 12.8 Å². The van der Waals surface area contributed by atoms with Crippen LogP contribution in [0.3, 0.4) is 0 Å². The number of rotatable bonds is 16. The van der Waals surface area contributed by atoms with Gasteiger partial charge in [-0.05, 0) is 78.2 Å². The van der Waals surface area contributed by atoms with Crippen molar-refractivity contribution in [2.75, 3.05) is 31.6 Å². The maximum atomic E-state index is 13.8. The van der Waals surface area contributed by atoms with Crippen molar-refractivity contribution in [3.63, 3.8) is 0 Å². The van der Waals surface area contributed by atoms with Crippen LogP contribution in [0.4, 0.5) is 10.1 Å². The molecule has 4 aromatic rings. The summed E-state index contributed by atoms with van der Waals surface area (Å²) in [5.74, 6) is -0.993. The highest BCUT2D eigenvalue weighted by atomic mass is 35.5. The fourth-order valence-corrected chi connectivity index (χ4v) is 5.75. The molecule has 242 valence electrons. The quantitative estimate of drug-likeness (QED) is 0.154. The molecule has 0 aromatic heterocycles. The number of nitrogens with zero attached hydrogens (tertiary/aromatic N) is 1. The van der Waals surface area contributed by atoms with Gasteiger partial charge in [0.15, 0.2) is 6.61 Å². The van der Waals surface area contributed by atoms with Gasteiger partial charge in [0.25, 0.3) is 15.9 Å². The minimum atomic E-state index is -3.95. The van der Waals surface area contributed by atoms with Gasteiger partial charge in [0.2, 0.25) is 5.91 Å². The van der Waals surface area contributed by atoms with Gasteiger partial charge in [0, 0.05) is 43.9 Å². The first-order valence-electron chi connectivity index (χ1n) is 14.5. The number of hydrogen-bond acceptors (Lipinski definition) is 6. The first kappa shape index (κ1) is 34.4. The first-order valence-corrected chi connectivity index (χ1v) is 16.4. The molecule has 0 aliphatic carbocycles. The summed E-state index contributed by atoms with van der Waals surface area (Å²) < 4.78 is 52.0.